The molecule has 1 fully saturated rings. The molecule has 0 aliphatic carbocycles. The number of aliphatic hydroxyl groups is 1. The summed E-state index contributed by atoms with van der Waals surface area (Å²) in [5.74, 6) is 0.845. The lowest BCUT2D eigenvalue weighted by molar-refractivity contribution is 0.123. The zero-order valence-electron chi connectivity index (χ0n) is 17.1. The summed E-state index contributed by atoms with van der Waals surface area (Å²) in [6.07, 6.45) is 6.49. The maximum atomic E-state index is 11.1. The molecule has 0 radical (unpaired) electrons. The predicted octanol–water partition coefficient (Wildman–Crippen LogP) is 2.35. The molecule has 154 valence electrons. The molecule has 0 amide bonds. The van der Waals surface area contributed by atoms with Crippen LogP contribution >= 0.6 is 0 Å². The molecule has 7 nitrogen and oxygen atoms in total. The minimum atomic E-state index is -0.785. The molecular formula is C23H26N6O. The molecule has 7 heteroatoms. The van der Waals surface area contributed by atoms with Crippen LogP contribution in [-0.2, 0) is 6.42 Å². The highest BCUT2D eigenvalue weighted by Crippen LogP contribution is 2.40. The highest BCUT2D eigenvalue weighted by atomic mass is 16.3. The van der Waals surface area contributed by atoms with E-state index in [1.54, 1.807) is 6.20 Å². The maximum absolute atomic E-state index is 11.1. The Morgan fingerprint density at radius 3 is 3.00 bits per heavy atom. The second-order valence-electron chi connectivity index (χ2n) is 7.96. The van der Waals surface area contributed by atoms with Crippen LogP contribution in [0.15, 0.2) is 55.0 Å². The molecule has 0 spiro atoms. The first-order valence-corrected chi connectivity index (χ1v) is 10.5. The summed E-state index contributed by atoms with van der Waals surface area (Å²) in [5, 5.41) is 14.3. The summed E-state index contributed by atoms with van der Waals surface area (Å²) >= 11 is 0. The van der Waals surface area contributed by atoms with Crippen molar-refractivity contribution in [2.24, 2.45) is 0 Å². The molecule has 2 N–H and O–H groups in total. The zero-order valence-corrected chi connectivity index (χ0v) is 17.1. The quantitative estimate of drug-likeness (QED) is 0.613. The molecular weight excluding hydrogens is 376 g/mol. The minimum Gasteiger partial charge on any atom is -0.366 e. The molecule has 1 saturated heterocycles. The van der Waals surface area contributed by atoms with Crippen LogP contribution in [0.1, 0.15) is 17.7 Å². The van der Waals surface area contributed by atoms with Crippen LogP contribution in [0.2, 0.25) is 0 Å². The van der Waals surface area contributed by atoms with Gasteiger partial charge in [-0.2, -0.15) is 0 Å². The Bertz CT molecular complexity index is 1030. The summed E-state index contributed by atoms with van der Waals surface area (Å²) in [6.45, 7) is 4.56. The lowest BCUT2D eigenvalue weighted by Crippen LogP contribution is -2.54. The Morgan fingerprint density at radius 1 is 1.23 bits per heavy atom. The van der Waals surface area contributed by atoms with E-state index in [0.717, 1.165) is 60.0 Å². The zero-order chi connectivity index (χ0) is 20.5. The Balaban J connectivity index is 1.40. The van der Waals surface area contributed by atoms with Crippen molar-refractivity contribution in [3.8, 4) is 11.3 Å². The number of fused-ring (bicyclic) bond motifs is 4. The number of nitrogens with one attached hydrogen (secondary N) is 1. The molecule has 1 unspecified atom stereocenters. The normalized spacial score (nSPS) is 18.4. The topological polar surface area (TPSA) is 77.4 Å². The lowest BCUT2D eigenvalue weighted by atomic mass is 10.1. The summed E-state index contributed by atoms with van der Waals surface area (Å²) in [4.78, 5) is 17.8. The average molecular weight is 403 g/mol. The van der Waals surface area contributed by atoms with E-state index in [2.05, 4.69) is 43.3 Å². The third-order valence-electron chi connectivity index (χ3n) is 5.92. The third-order valence-corrected chi connectivity index (χ3v) is 5.92. The van der Waals surface area contributed by atoms with E-state index in [4.69, 9.17) is 4.98 Å². The number of aryl methyl sites for hydroxylation is 1. The van der Waals surface area contributed by atoms with Crippen LogP contribution in [0.3, 0.4) is 0 Å². The number of nitrogens with zero attached hydrogens (tertiary/aromatic N) is 5. The molecule has 0 saturated carbocycles. The Kier molecular flexibility index (Phi) is 5.06. The van der Waals surface area contributed by atoms with Crippen molar-refractivity contribution in [2.45, 2.75) is 32.2 Å². The number of hydrogen-bond acceptors (Lipinski definition) is 7. The summed E-state index contributed by atoms with van der Waals surface area (Å²) in [7, 11) is 0. The highest BCUT2D eigenvalue weighted by molar-refractivity contribution is 5.76. The van der Waals surface area contributed by atoms with E-state index in [0.29, 0.717) is 6.54 Å². The number of rotatable bonds is 6. The van der Waals surface area contributed by atoms with Crippen molar-refractivity contribution in [1.29, 1.82) is 0 Å². The van der Waals surface area contributed by atoms with Gasteiger partial charge in [-0.05, 0) is 55.7 Å². The monoisotopic (exact) mass is 402 g/mol. The SMILES string of the molecule is Cc1cc(-c2ccc3c(n2)N(C(O)NCCc2cccnc2)[C@H]2CCN3C2)ccn1. The fraction of sp³-hybridized carbons (Fsp3) is 0.348. The Morgan fingerprint density at radius 2 is 2.17 bits per heavy atom. The van der Waals surface area contributed by atoms with Crippen LogP contribution in [0.4, 0.5) is 11.5 Å². The van der Waals surface area contributed by atoms with Gasteiger partial charge >= 0.3 is 0 Å². The number of hydrogen-bond donors (Lipinski definition) is 2. The second kappa shape index (κ2) is 8.01. The van der Waals surface area contributed by atoms with E-state index in [9.17, 15) is 5.11 Å². The van der Waals surface area contributed by atoms with Crippen molar-refractivity contribution in [3.63, 3.8) is 0 Å². The van der Waals surface area contributed by atoms with Gasteiger partial charge in [0.25, 0.3) is 0 Å². The molecule has 5 rings (SSSR count). The standard InChI is InChI=1S/C23H26N6O/c1-16-13-18(7-11-25-16)20-4-5-21-22(27-20)29(19-8-12-28(21)15-19)23(30)26-10-6-17-3-2-9-24-14-17/h2-5,7,9,11,13-14,19,23,26,30H,6,8,10,12,15H2,1H3/t19-,23?/m0/s1. The molecule has 2 atom stereocenters. The number of aromatic nitrogens is 3. The first-order valence-electron chi connectivity index (χ1n) is 10.5. The van der Waals surface area contributed by atoms with Crippen LogP contribution in [-0.4, -0.2) is 52.1 Å². The van der Waals surface area contributed by atoms with Gasteiger partial charge in [-0.15, -0.1) is 0 Å². The smallest absolute Gasteiger partial charge is 0.185 e. The van der Waals surface area contributed by atoms with Gasteiger partial charge in [0, 0.05) is 49.5 Å². The van der Waals surface area contributed by atoms with Crippen molar-refractivity contribution in [2.75, 3.05) is 29.4 Å². The largest absolute Gasteiger partial charge is 0.366 e. The van der Waals surface area contributed by atoms with Crippen molar-refractivity contribution in [3.05, 3.63) is 66.2 Å². The van der Waals surface area contributed by atoms with Gasteiger partial charge in [0.05, 0.1) is 17.4 Å². The van der Waals surface area contributed by atoms with Crippen LogP contribution < -0.4 is 15.1 Å². The second-order valence-corrected chi connectivity index (χ2v) is 7.96. The molecule has 30 heavy (non-hydrogen) atoms. The highest BCUT2D eigenvalue weighted by Gasteiger charge is 2.39. The van der Waals surface area contributed by atoms with E-state index in [-0.39, 0.29) is 6.04 Å². The van der Waals surface area contributed by atoms with E-state index >= 15 is 0 Å². The Labute approximate surface area is 176 Å². The Hall–Kier alpha value is -3.03. The molecule has 3 aromatic rings. The van der Waals surface area contributed by atoms with E-state index < -0.39 is 6.35 Å². The predicted molar refractivity (Wildman–Crippen MR) is 117 cm³/mol. The van der Waals surface area contributed by atoms with Crippen molar-refractivity contribution < 1.29 is 5.11 Å². The van der Waals surface area contributed by atoms with Gasteiger partial charge < -0.3 is 14.9 Å². The van der Waals surface area contributed by atoms with Gasteiger partial charge in [-0.1, -0.05) is 6.07 Å². The van der Waals surface area contributed by atoms with Gasteiger partial charge in [0.2, 0.25) is 0 Å². The fourth-order valence-electron chi connectivity index (χ4n) is 4.41. The van der Waals surface area contributed by atoms with Crippen LogP contribution in [0, 0.1) is 6.92 Å². The lowest BCUT2D eigenvalue weighted by Gasteiger charge is -2.40. The van der Waals surface area contributed by atoms with Crippen molar-refractivity contribution in [1.82, 2.24) is 20.3 Å². The molecule has 2 bridgehead atoms. The van der Waals surface area contributed by atoms with Gasteiger partial charge in [0.1, 0.15) is 0 Å². The molecule has 3 aromatic heterocycles. The maximum Gasteiger partial charge on any atom is 0.185 e. The first kappa shape index (κ1) is 19.0. The van der Waals surface area contributed by atoms with Crippen molar-refractivity contribution >= 4 is 11.5 Å². The van der Waals surface area contributed by atoms with Crippen LogP contribution in [0.25, 0.3) is 11.3 Å². The fourth-order valence-corrected chi connectivity index (χ4v) is 4.41. The number of pyridine rings is 3. The summed E-state index contributed by atoms with van der Waals surface area (Å²) < 4.78 is 0. The molecule has 0 aromatic carbocycles. The third kappa shape index (κ3) is 3.62. The molecule has 2 aliphatic rings. The van der Waals surface area contributed by atoms with E-state index in [1.807, 2.05) is 37.5 Å². The molecule has 5 heterocycles. The van der Waals surface area contributed by atoms with E-state index in [1.165, 1.54) is 0 Å². The average Bonchev–Trinajstić information content (AvgIpc) is 3.18. The van der Waals surface area contributed by atoms with Gasteiger partial charge in [-0.25, -0.2) is 4.98 Å². The van der Waals surface area contributed by atoms with Crippen LogP contribution in [0.5, 0.6) is 0 Å². The first-order chi connectivity index (χ1) is 14.7. The van der Waals surface area contributed by atoms with Gasteiger partial charge in [-0.3, -0.25) is 15.3 Å². The summed E-state index contributed by atoms with van der Waals surface area (Å²) in [6, 6.07) is 12.5. The number of anilines is 2. The number of aliphatic hydroxyl groups excluding tert-OH is 1. The minimum absolute atomic E-state index is 0.250. The van der Waals surface area contributed by atoms with Gasteiger partial charge in [0.15, 0.2) is 12.2 Å². The molecule has 2 aliphatic heterocycles. The summed E-state index contributed by atoms with van der Waals surface area (Å²) in [5.41, 5.74) is 5.14.